The van der Waals surface area contributed by atoms with Gasteiger partial charge in [-0.3, -0.25) is 9.47 Å². The first kappa shape index (κ1) is 28.9. The van der Waals surface area contributed by atoms with E-state index in [1.165, 1.54) is 27.3 Å². The molecule has 212 valence electrons. The van der Waals surface area contributed by atoms with Crippen molar-refractivity contribution in [2.45, 2.75) is 83.3 Å². The molecule has 38 heavy (non-hydrogen) atoms. The molecule has 0 bridgehead atoms. The van der Waals surface area contributed by atoms with Crippen LogP contribution in [0.4, 0.5) is 17.6 Å². The Kier molecular flexibility index (Phi) is 8.54. The topological polar surface area (TPSA) is 71.3 Å². The van der Waals surface area contributed by atoms with Gasteiger partial charge in [0.05, 0.1) is 12.4 Å². The first-order valence-corrected chi connectivity index (χ1v) is 15.1. The van der Waals surface area contributed by atoms with Crippen LogP contribution < -0.4 is 0 Å². The van der Waals surface area contributed by atoms with Gasteiger partial charge in [0.1, 0.15) is 17.5 Å². The number of sulfonamides is 1. The molecule has 0 amide bonds. The predicted octanol–water partition coefficient (Wildman–Crippen LogP) is 5.19. The standard InChI is InChI=1S/C26H37F4N5O2S/c1-17(34-10-6-5-7-24(34)35-18(2)31-32-25(35)26(3,29)30)13-23(20-14-21(27)16-22(28)15-20)19-8-11-33(12-9-19)38(4,36)37/h14-17,19,23-24H,5-13H2,1-4H3/t17-,23-,24?/m1/s1. The molecule has 7 nitrogen and oxygen atoms in total. The number of halogens is 4. The lowest BCUT2D eigenvalue weighted by Gasteiger charge is -2.44. The quantitative estimate of drug-likeness (QED) is 0.416. The molecule has 2 aliphatic rings. The van der Waals surface area contributed by atoms with Crippen molar-refractivity contribution in [2.75, 3.05) is 25.9 Å². The molecule has 0 radical (unpaired) electrons. The van der Waals surface area contributed by atoms with E-state index in [0.717, 1.165) is 25.8 Å². The van der Waals surface area contributed by atoms with Crippen LogP contribution in [0.5, 0.6) is 0 Å². The Labute approximate surface area is 222 Å². The molecule has 0 N–H and O–H groups in total. The van der Waals surface area contributed by atoms with Crippen LogP contribution in [0, 0.1) is 24.5 Å². The van der Waals surface area contributed by atoms with Crippen LogP contribution in [0.2, 0.25) is 0 Å². The normalized spacial score (nSPS) is 22.5. The van der Waals surface area contributed by atoms with Crippen molar-refractivity contribution < 1.29 is 26.0 Å². The summed E-state index contributed by atoms with van der Waals surface area (Å²) in [5.41, 5.74) is 0.543. The number of benzene rings is 1. The maximum absolute atomic E-state index is 14.4. The Morgan fingerprint density at radius 3 is 2.24 bits per heavy atom. The fourth-order valence-corrected chi connectivity index (χ4v) is 7.13. The number of likely N-dealkylation sites (tertiary alicyclic amines) is 1. The highest BCUT2D eigenvalue weighted by Crippen LogP contribution is 2.41. The molecule has 2 fully saturated rings. The summed E-state index contributed by atoms with van der Waals surface area (Å²) in [7, 11) is -3.32. The Hall–Kier alpha value is -2.05. The molecule has 1 aromatic carbocycles. The Balaban J connectivity index is 1.63. The summed E-state index contributed by atoms with van der Waals surface area (Å²) in [4.78, 5) is 2.18. The molecule has 12 heteroatoms. The Bertz CT molecular complexity index is 1200. The molecule has 0 aliphatic carbocycles. The van der Waals surface area contributed by atoms with Crippen LogP contribution in [0.15, 0.2) is 18.2 Å². The number of aromatic nitrogens is 3. The third-order valence-electron chi connectivity index (χ3n) is 8.08. The predicted molar refractivity (Wildman–Crippen MR) is 136 cm³/mol. The summed E-state index contributed by atoms with van der Waals surface area (Å²) in [6, 6.07) is 3.45. The van der Waals surface area contributed by atoms with E-state index in [1.54, 1.807) is 6.92 Å². The molecule has 0 saturated carbocycles. The van der Waals surface area contributed by atoms with Crippen LogP contribution in [0.3, 0.4) is 0 Å². The lowest BCUT2D eigenvalue weighted by Crippen LogP contribution is -2.45. The fourth-order valence-electron chi connectivity index (χ4n) is 6.26. The van der Waals surface area contributed by atoms with Gasteiger partial charge in [0.25, 0.3) is 0 Å². The highest BCUT2D eigenvalue weighted by molar-refractivity contribution is 7.88. The van der Waals surface area contributed by atoms with Crippen LogP contribution in [0.1, 0.15) is 81.7 Å². The van der Waals surface area contributed by atoms with Crippen molar-refractivity contribution in [3.63, 3.8) is 0 Å². The van der Waals surface area contributed by atoms with Gasteiger partial charge in [0, 0.05) is 38.7 Å². The minimum Gasteiger partial charge on any atom is -0.294 e. The third kappa shape index (κ3) is 6.39. The average molecular weight is 560 g/mol. The number of alkyl halides is 2. The minimum absolute atomic E-state index is 0.0204. The van der Waals surface area contributed by atoms with E-state index in [1.807, 2.05) is 6.92 Å². The zero-order valence-corrected chi connectivity index (χ0v) is 23.2. The molecule has 0 spiro atoms. The smallest absolute Gasteiger partial charge is 0.294 e. The molecule has 1 unspecified atom stereocenters. The first-order chi connectivity index (χ1) is 17.8. The molecule has 2 aliphatic heterocycles. The summed E-state index contributed by atoms with van der Waals surface area (Å²) >= 11 is 0. The number of rotatable bonds is 8. The first-order valence-electron chi connectivity index (χ1n) is 13.2. The van der Waals surface area contributed by atoms with Crippen molar-refractivity contribution in [3.05, 3.63) is 47.0 Å². The van der Waals surface area contributed by atoms with Crippen molar-refractivity contribution >= 4 is 10.0 Å². The third-order valence-corrected chi connectivity index (χ3v) is 9.38. The number of nitrogens with zero attached hydrogens (tertiary/aromatic N) is 5. The number of piperidine rings is 2. The van der Waals surface area contributed by atoms with Gasteiger partial charge in [0.15, 0.2) is 0 Å². The van der Waals surface area contributed by atoms with E-state index < -0.39 is 27.6 Å². The maximum Gasteiger partial charge on any atom is 0.304 e. The lowest BCUT2D eigenvalue weighted by atomic mass is 9.76. The second-order valence-electron chi connectivity index (χ2n) is 10.9. The van der Waals surface area contributed by atoms with Gasteiger partial charge < -0.3 is 0 Å². The van der Waals surface area contributed by atoms with Gasteiger partial charge in [0.2, 0.25) is 15.8 Å². The van der Waals surface area contributed by atoms with Gasteiger partial charge in [-0.05, 0) is 81.9 Å². The Morgan fingerprint density at radius 1 is 1.03 bits per heavy atom. The summed E-state index contributed by atoms with van der Waals surface area (Å²) in [6.07, 6.45) is 4.97. The summed E-state index contributed by atoms with van der Waals surface area (Å²) in [5, 5.41) is 7.73. The van der Waals surface area contributed by atoms with Crippen LogP contribution in [-0.4, -0.2) is 64.3 Å². The van der Waals surface area contributed by atoms with Crippen LogP contribution >= 0.6 is 0 Å². The zero-order valence-electron chi connectivity index (χ0n) is 22.4. The highest BCUT2D eigenvalue weighted by atomic mass is 32.2. The molecule has 4 rings (SSSR count). The monoisotopic (exact) mass is 559 g/mol. The van der Waals surface area contributed by atoms with Crippen molar-refractivity contribution in [3.8, 4) is 0 Å². The zero-order chi connectivity index (χ0) is 27.8. The minimum atomic E-state index is -3.32. The number of hydrogen-bond donors (Lipinski definition) is 0. The summed E-state index contributed by atoms with van der Waals surface area (Å²) in [5.74, 6) is -4.61. The van der Waals surface area contributed by atoms with E-state index >= 15 is 0 Å². The van der Waals surface area contributed by atoms with E-state index in [9.17, 15) is 26.0 Å². The molecule has 2 saturated heterocycles. The summed E-state index contributed by atoms with van der Waals surface area (Å²) < 4.78 is 84.5. The van der Waals surface area contributed by atoms with Gasteiger partial charge in [-0.15, -0.1) is 10.2 Å². The van der Waals surface area contributed by atoms with Crippen LogP contribution in [-0.2, 0) is 15.9 Å². The highest BCUT2D eigenvalue weighted by Gasteiger charge is 2.39. The van der Waals surface area contributed by atoms with E-state index in [0.29, 0.717) is 56.7 Å². The molecule has 3 atom stereocenters. The van der Waals surface area contributed by atoms with E-state index in [2.05, 4.69) is 15.1 Å². The molecule has 1 aromatic heterocycles. The Morgan fingerprint density at radius 2 is 1.66 bits per heavy atom. The molecule has 2 aromatic rings. The number of aryl methyl sites for hydroxylation is 1. The average Bonchev–Trinajstić information content (AvgIpc) is 3.23. The van der Waals surface area contributed by atoms with Crippen molar-refractivity contribution in [1.82, 2.24) is 24.0 Å². The fraction of sp³-hybridized carbons (Fsp3) is 0.692. The summed E-state index contributed by atoms with van der Waals surface area (Å²) in [6.45, 7) is 5.92. The van der Waals surface area contributed by atoms with Gasteiger partial charge >= 0.3 is 5.92 Å². The van der Waals surface area contributed by atoms with Crippen LogP contribution in [0.25, 0.3) is 0 Å². The van der Waals surface area contributed by atoms with Crippen molar-refractivity contribution in [1.29, 1.82) is 0 Å². The van der Waals surface area contributed by atoms with Crippen molar-refractivity contribution in [2.24, 2.45) is 5.92 Å². The van der Waals surface area contributed by atoms with E-state index in [4.69, 9.17) is 0 Å². The SMILES string of the molecule is Cc1nnc(C(C)(F)F)n1C1CCCCN1[C@H](C)C[C@@H](c1cc(F)cc(F)c1)C1CCN(S(C)(=O)=O)CC1. The van der Waals surface area contributed by atoms with Gasteiger partial charge in [-0.1, -0.05) is 0 Å². The maximum atomic E-state index is 14.4. The molecular formula is C26H37F4N5O2S. The largest absolute Gasteiger partial charge is 0.304 e. The van der Waals surface area contributed by atoms with E-state index in [-0.39, 0.29) is 29.9 Å². The number of hydrogen-bond acceptors (Lipinski definition) is 5. The lowest BCUT2D eigenvalue weighted by molar-refractivity contribution is -0.0139. The second kappa shape index (κ2) is 11.2. The van der Waals surface area contributed by atoms with Gasteiger partial charge in [-0.2, -0.15) is 8.78 Å². The molecular weight excluding hydrogens is 522 g/mol. The second-order valence-corrected chi connectivity index (χ2v) is 12.9. The van der Waals surface area contributed by atoms with Gasteiger partial charge in [-0.25, -0.2) is 21.5 Å². The molecule has 3 heterocycles.